The zero-order valence-electron chi connectivity index (χ0n) is 17.7. The summed E-state index contributed by atoms with van der Waals surface area (Å²) in [5, 5.41) is 3.19. The molecule has 2 aromatic carbocycles. The van der Waals surface area contributed by atoms with Crippen LogP contribution in [-0.2, 0) is 10.0 Å². The van der Waals surface area contributed by atoms with Gasteiger partial charge in [0, 0.05) is 36.2 Å². The van der Waals surface area contributed by atoms with E-state index in [1.165, 1.54) is 0 Å². The van der Waals surface area contributed by atoms with Gasteiger partial charge >= 0.3 is 0 Å². The second-order valence-electron chi connectivity index (χ2n) is 6.99. The second-order valence-corrected chi connectivity index (χ2v) is 8.67. The van der Waals surface area contributed by atoms with Gasteiger partial charge in [-0.25, -0.2) is 13.4 Å². The SMILES string of the molecule is CCN(CC)c1cc(C)nc(Nc2ccc(NS(=O)(=O)c3cccc(C)c3)cc2)n1. The van der Waals surface area contributed by atoms with Crippen molar-refractivity contribution in [2.24, 2.45) is 0 Å². The summed E-state index contributed by atoms with van der Waals surface area (Å²) >= 11 is 0. The van der Waals surface area contributed by atoms with Gasteiger partial charge in [-0.15, -0.1) is 0 Å². The molecule has 1 aromatic heterocycles. The lowest BCUT2D eigenvalue weighted by molar-refractivity contribution is 0.601. The minimum absolute atomic E-state index is 0.238. The van der Waals surface area contributed by atoms with Crippen molar-refractivity contribution in [2.75, 3.05) is 28.0 Å². The first-order chi connectivity index (χ1) is 14.3. The third kappa shape index (κ3) is 5.27. The van der Waals surface area contributed by atoms with Gasteiger partial charge in [0.1, 0.15) is 5.82 Å². The summed E-state index contributed by atoms with van der Waals surface area (Å²) in [5.41, 5.74) is 3.01. The Morgan fingerprint density at radius 1 is 0.900 bits per heavy atom. The summed E-state index contributed by atoms with van der Waals surface area (Å²) in [7, 11) is -3.63. The fourth-order valence-corrected chi connectivity index (χ4v) is 4.23. The summed E-state index contributed by atoms with van der Waals surface area (Å²) < 4.78 is 27.8. The summed E-state index contributed by atoms with van der Waals surface area (Å²) in [5.74, 6) is 1.38. The van der Waals surface area contributed by atoms with Crippen molar-refractivity contribution >= 4 is 33.2 Å². The van der Waals surface area contributed by atoms with Gasteiger partial charge in [0.05, 0.1) is 4.90 Å². The average Bonchev–Trinajstić information content (AvgIpc) is 2.70. The first-order valence-electron chi connectivity index (χ1n) is 9.88. The minimum atomic E-state index is -3.63. The highest BCUT2D eigenvalue weighted by molar-refractivity contribution is 7.92. The zero-order chi connectivity index (χ0) is 21.7. The van der Waals surface area contributed by atoms with Gasteiger partial charge in [0.2, 0.25) is 5.95 Å². The number of anilines is 4. The maximum absolute atomic E-state index is 12.6. The number of sulfonamides is 1. The maximum Gasteiger partial charge on any atom is 0.261 e. The van der Waals surface area contributed by atoms with Crippen molar-refractivity contribution in [3.8, 4) is 0 Å². The van der Waals surface area contributed by atoms with Gasteiger partial charge in [-0.05, 0) is 69.7 Å². The smallest absolute Gasteiger partial charge is 0.261 e. The van der Waals surface area contributed by atoms with Gasteiger partial charge in [-0.3, -0.25) is 4.72 Å². The highest BCUT2D eigenvalue weighted by atomic mass is 32.2. The third-order valence-corrected chi connectivity index (χ3v) is 6.00. The quantitative estimate of drug-likeness (QED) is 0.553. The highest BCUT2D eigenvalue weighted by Crippen LogP contribution is 2.22. The first kappa shape index (κ1) is 21.6. The van der Waals surface area contributed by atoms with Crippen molar-refractivity contribution < 1.29 is 8.42 Å². The van der Waals surface area contributed by atoms with Gasteiger partial charge in [-0.2, -0.15) is 4.98 Å². The number of rotatable bonds is 8. The number of hydrogen-bond acceptors (Lipinski definition) is 6. The Hall–Kier alpha value is -3.13. The number of aromatic nitrogens is 2. The molecule has 7 nitrogen and oxygen atoms in total. The molecule has 0 fully saturated rings. The molecule has 0 aliphatic heterocycles. The van der Waals surface area contributed by atoms with Crippen LogP contribution in [0.4, 0.5) is 23.1 Å². The molecule has 1 heterocycles. The van der Waals surface area contributed by atoms with Crippen LogP contribution in [0.3, 0.4) is 0 Å². The van der Waals surface area contributed by atoms with Crippen LogP contribution in [0.1, 0.15) is 25.1 Å². The van der Waals surface area contributed by atoms with Crippen molar-refractivity contribution in [3.63, 3.8) is 0 Å². The summed E-state index contributed by atoms with van der Waals surface area (Å²) in [6, 6.07) is 15.8. The van der Waals surface area contributed by atoms with Gasteiger partial charge < -0.3 is 10.2 Å². The summed E-state index contributed by atoms with van der Waals surface area (Å²) in [6.45, 7) is 9.70. The molecule has 30 heavy (non-hydrogen) atoms. The van der Waals surface area contributed by atoms with Gasteiger partial charge in [0.15, 0.2) is 0 Å². The van der Waals surface area contributed by atoms with Crippen molar-refractivity contribution in [2.45, 2.75) is 32.6 Å². The Morgan fingerprint density at radius 2 is 1.57 bits per heavy atom. The molecule has 0 aliphatic carbocycles. The number of benzene rings is 2. The standard InChI is InChI=1S/C22H27N5O2S/c1-5-27(6-2)21-15-17(4)23-22(25-21)24-18-10-12-19(13-11-18)26-30(28,29)20-9-7-8-16(3)14-20/h7-15,26H,5-6H2,1-4H3,(H,23,24,25). The van der Waals surface area contributed by atoms with Crippen LogP contribution in [0.25, 0.3) is 0 Å². The van der Waals surface area contributed by atoms with E-state index in [1.807, 2.05) is 26.0 Å². The molecule has 0 spiro atoms. The number of hydrogen-bond donors (Lipinski definition) is 2. The number of nitrogens with one attached hydrogen (secondary N) is 2. The predicted octanol–water partition coefficient (Wildman–Crippen LogP) is 4.48. The molecule has 0 bridgehead atoms. The molecule has 0 amide bonds. The zero-order valence-corrected chi connectivity index (χ0v) is 18.5. The van der Waals surface area contributed by atoms with E-state index in [2.05, 4.69) is 38.8 Å². The lowest BCUT2D eigenvalue weighted by Crippen LogP contribution is -2.23. The largest absolute Gasteiger partial charge is 0.357 e. The Bertz CT molecular complexity index is 1110. The van der Waals surface area contributed by atoms with E-state index >= 15 is 0 Å². The summed E-state index contributed by atoms with van der Waals surface area (Å²) in [6.07, 6.45) is 0. The van der Waals surface area contributed by atoms with E-state index in [9.17, 15) is 8.42 Å². The lowest BCUT2D eigenvalue weighted by Gasteiger charge is -2.20. The van der Waals surface area contributed by atoms with Crippen molar-refractivity contribution in [3.05, 3.63) is 65.9 Å². The summed E-state index contributed by atoms with van der Waals surface area (Å²) in [4.78, 5) is 11.4. The van der Waals surface area contributed by atoms with Crippen LogP contribution >= 0.6 is 0 Å². The predicted molar refractivity (Wildman–Crippen MR) is 122 cm³/mol. The van der Waals surface area contributed by atoms with E-state index in [-0.39, 0.29) is 4.90 Å². The topological polar surface area (TPSA) is 87.2 Å². The van der Waals surface area contributed by atoms with E-state index in [1.54, 1.807) is 42.5 Å². The third-order valence-electron chi connectivity index (χ3n) is 4.62. The molecule has 0 saturated carbocycles. The van der Waals surface area contributed by atoms with Crippen LogP contribution < -0.4 is 14.9 Å². The van der Waals surface area contributed by atoms with E-state index in [4.69, 9.17) is 0 Å². The molecule has 2 N–H and O–H groups in total. The van der Waals surface area contributed by atoms with Crippen LogP contribution in [-0.4, -0.2) is 31.5 Å². The Morgan fingerprint density at radius 3 is 2.20 bits per heavy atom. The number of aryl methyl sites for hydroxylation is 2. The van der Waals surface area contributed by atoms with Crippen molar-refractivity contribution in [1.29, 1.82) is 0 Å². The molecular formula is C22H27N5O2S. The Balaban J connectivity index is 1.75. The van der Waals surface area contributed by atoms with Gasteiger partial charge in [-0.1, -0.05) is 12.1 Å². The molecule has 0 saturated heterocycles. The average molecular weight is 426 g/mol. The van der Waals surface area contributed by atoms with Crippen LogP contribution in [0.2, 0.25) is 0 Å². The molecule has 8 heteroatoms. The molecule has 3 aromatic rings. The fraction of sp³-hybridized carbons (Fsp3) is 0.273. The van der Waals surface area contributed by atoms with Crippen LogP contribution in [0.15, 0.2) is 59.5 Å². The molecule has 0 aliphatic rings. The van der Waals surface area contributed by atoms with E-state index in [0.29, 0.717) is 11.6 Å². The van der Waals surface area contributed by atoms with E-state index < -0.39 is 10.0 Å². The lowest BCUT2D eigenvalue weighted by atomic mass is 10.2. The molecule has 158 valence electrons. The molecule has 3 rings (SSSR count). The molecule has 0 unspecified atom stereocenters. The molecule has 0 atom stereocenters. The van der Waals surface area contributed by atoms with Crippen LogP contribution in [0.5, 0.6) is 0 Å². The Labute approximate surface area is 178 Å². The Kier molecular flexibility index (Phi) is 6.56. The molecular weight excluding hydrogens is 398 g/mol. The fourth-order valence-electron chi connectivity index (χ4n) is 3.06. The van der Waals surface area contributed by atoms with E-state index in [0.717, 1.165) is 35.9 Å². The second kappa shape index (κ2) is 9.13. The van der Waals surface area contributed by atoms with Gasteiger partial charge in [0.25, 0.3) is 10.0 Å². The monoisotopic (exact) mass is 425 g/mol. The van der Waals surface area contributed by atoms with Crippen molar-refractivity contribution in [1.82, 2.24) is 9.97 Å². The number of nitrogens with zero attached hydrogens (tertiary/aromatic N) is 3. The first-order valence-corrected chi connectivity index (χ1v) is 11.4. The normalized spacial score (nSPS) is 11.2. The minimum Gasteiger partial charge on any atom is -0.357 e. The molecule has 0 radical (unpaired) electrons. The highest BCUT2D eigenvalue weighted by Gasteiger charge is 2.14. The van der Waals surface area contributed by atoms with Crippen LogP contribution in [0, 0.1) is 13.8 Å². The maximum atomic E-state index is 12.6.